The first kappa shape index (κ1) is 20.1. The van der Waals surface area contributed by atoms with Crippen LogP contribution in [0.2, 0.25) is 0 Å². The van der Waals surface area contributed by atoms with Gasteiger partial charge in [0, 0.05) is 24.5 Å². The molecule has 0 unspecified atom stereocenters. The molecule has 128 valence electrons. The molecule has 0 aliphatic heterocycles. The zero-order valence-electron chi connectivity index (χ0n) is 13.6. The predicted molar refractivity (Wildman–Crippen MR) is 98.9 cm³/mol. The molecule has 0 spiro atoms. The van der Waals surface area contributed by atoms with Crippen LogP contribution in [0.25, 0.3) is 0 Å². The van der Waals surface area contributed by atoms with Gasteiger partial charge in [-0.05, 0) is 38.7 Å². The zero-order valence-corrected chi connectivity index (χ0v) is 16.0. The van der Waals surface area contributed by atoms with E-state index in [-0.39, 0.29) is 12.4 Å². The van der Waals surface area contributed by atoms with Crippen LogP contribution in [0.4, 0.5) is 0 Å². The van der Waals surface area contributed by atoms with E-state index in [0.29, 0.717) is 23.8 Å². The molecule has 2 rings (SSSR count). The van der Waals surface area contributed by atoms with E-state index in [4.69, 9.17) is 0 Å². The van der Waals surface area contributed by atoms with Gasteiger partial charge < -0.3 is 4.90 Å². The third-order valence-corrected chi connectivity index (χ3v) is 6.62. The van der Waals surface area contributed by atoms with Gasteiger partial charge in [-0.25, -0.2) is 8.42 Å². The number of aryl methyl sites for hydroxylation is 1. The Kier molecular flexibility index (Phi) is 7.70. The molecule has 1 heterocycles. The maximum Gasteiger partial charge on any atom is 0.252 e. The number of thiophene rings is 1. The highest BCUT2D eigenvalue weighted by Crippen LogP contribution is 2.25. The van der Waals surface area contributed by atoms with E-state index < -0.39 is 10.0 Å². The molecule has 1 aromatic heterocycles. The van der Waals surface area contributed by atoms with Crippen molar-refractivity contribution in [1.82, 2.24) is 9.21 Å². The van der Waals surface area contributed by atoms with Crippen LogP contribution in [0.1, 0.15) is 10.4 Å². The number of nitrogens with zero attached hydrogens (tertiary/aromatic N) is 2. The smallest absolute Gasteiger partial charge is 0.252 e. The second kappa shape index (κ2) is 8.80. The monoisotopic (exact) mass is 374 g/mol. The number of likely N-dealkylation sites (N-methyl/N-ethyl adjacent to an activating group) is 1. The van der Waals surface area contributed by atoms with Crippen LogP contribution in [-0.4, -0.2) is 44.8 Å². The quantitative estimate of drug-likeness (QED) is 0.747. The van der Waals surface area contributed by atoms with Crippen molar-refractivity contribution in [1.29, 1.82) is 0 Å². The molecule has 0 saturated heterocycles. The maximum absolute atomic E-state index is 12.9. The summed E-state index contributed by atoms with van der Waals surface area (Å²) in [5, 5.41) is 0. The van der Waals surface area contributed by atoms with Crippen LogP contribution in [0.3, 0.4) is 0 Å². The summed E-state index contributed by atoms with van der Waals surface area (Å²) >= 11 is 1.32. The summed E-state index contributed by atoms with van der Waals surface area (Å²) in [7, 11) is 0.445. The highest BCUT2D eigenvalue weighted by Gasteiger charge is 2.26. The lowest BCUT2D eigenvalue weighted by molar-refractivity contribution is 0.330. The summed E-state index contributed by atoms with van der Waals surface area (Å²) in [6, 6.07) is 13.3. The van der Waals surface area contributed by atoms with Crippen LogP contribution in [-0.2, 0) is 16.6 Å². The minimum Gasteiger partial charge on any atom is -0.308 e. The Morgan fingerprint density at radius 1 is 1.00 bits per heavy atom. The van der Waals surface area contributed by atoms with Crippen LogP contribution in [0.5, 0.6) is 0 Å². The fraction of sp³-hybridized carbons (Fsp3) is 0.375. The van der Waals surface area contributed by atoms with Crippen LogP contribution in [0, 0.1) is 6.92 Å². The fourth-order valence-electron chi connectivity index (χ4n) is 2.06. The van der Waals surface area contributed by atoms with Gasteiger partial charge in [0.1, 0.15) is 4.21 Å². The molecular weight excluding hydrogens is 352 g/mol. The zero-order chi connectivity index (χ0) is 16.2. The SMILES string of the molecule is Cc1ccc(S(=O)(=O)N(CCN(C)C)Cc2ccccc2)s1.Cl. The second-order valence-corrected chi connectivity index (χ2v) is 8.95. The van der Waals surface area contributed by atoms with Crippen molar-refractivity contribution in [3.05, 3.63) is 52.9 Å². The summed E-state index contributed by atoms with van der Waals surface area (Å²) in [6.07, 6.45) is 0. The Morgan fingerprint density at radius 3 is 2.17 bits per heavy atom. The summed E-state index contributed by atoms with van der Waals surface area (Å²) in [5.41, 5.74) is 0.998. The molecule has 0 bridgehead atoms. The van der Waals surface area contributed by atoms with Crippen molar-refractivity contribution in [3.8, 4) is 0 Å². The molecule has 0 atom stereocenters. The highest BCUT2D eigenvalue weighted by atomic mass is 35.5. The number of halogens is 1. The molecule has 7 heteroatoms. The van der Waals surface area contributed by atoms with Gasteiger partial charge in [0.05, 0.1) is 0 Å². The topological polar surface area (TPSA) is 40.6 Å². The number of hydrogen-bond acceptors (Lipinski definition) is 4. The second-order valence-electron chi connectivity index (χ2n) is 5.49. The average molecular weight is 375 g/mol. The van der Waals surface area contributed by atoms with Gasteiger partial charge in [0.25, 0.3) is 10.0 Å². The summed E-state index contributed by atoms with van der Waals surface area (Å²) in [5.74, 6) is 0. The van der Waals surface area contributed by atoms with Gasteiger partial charge in [-0.15, -0.1) is 23.7 Å². The Morgan fingerprint density at radius 2 is 1.65 bits per heavy atom. The standard InChI is InChI=1S/C16H22N2O2S2.ClH/c1-14-9-10-16(21-14)22(19,20)18(12-11-17(2)3)13-15-7-5-4-6-8-15;/h4-10H,11-13H2,1-3H3;1H. The molecule has 0 amide bonds. The minimum absolute atomic E-state index is 0. The van der Waals surface area contributed by atoms with Crippen molar-refractivity contribution in [2.24, 2.45) is 0 Å². The van der Waals surface area contributed by atoms with E-state index in [9.17, 15) is 8.42 Å². The van der Waals surface area contributed by atoms with E-state index in [2.05, 4.69) is 0 Å². The lowest BCUT2D eigenvalue weighted by Crippen LogP contribution is -2.35. The number of hydrogen-bond donors (Lipinski definition) is 0. The van der Waals surface area contributed by atoms with Gasteiger partial charge in [-0.3, -0.25) is 0 Å². The summed E-state index contributed by atoms with van der Waals surface area (Å²) < 4.78 is 27.7. The summed E-state index contributed by atoms with van der Waals surface area (Å²) in [4.78, 5) is 3.00. The normalized spacial score (nSPS) is 11.7. The van der Waals surface area contributed by atoms with E-state index in [1.165, 1.54) is 11.3 Å². The Labute approximate surface area is 149 Å². The van der Waals surface area contributed by atoms with Crippen LogP contribution >= 0.6 is 23.7 Å². The Balaban J connectivity index is 0.00000264. The van der Waals surface area contributed by atoms with Crippen molar-refractivity contribution in [2.75, 3.05) is 27.2 Å². The Bertz CT molecular complexity index is 700. The van der Waals surface area contributed by atoms with E-state index in [1.807, 2.05) is 62.3 Å². The lowest BCUT2D eigenvalue weighted by atomic mass is 10.2. The summed E-state index contributed by atoms with van der Waals surface area (Å²) in [6.45, 7) is 3.48. The van der Waals surface area contributed by atoms with Gasteiger partial charge in [-0.1, -0.05) is 30.3 Å². The third-order valence-electron chi connectivity index (χ3n) is 3.31. The van der Waals surface area contributed by atoms with Gasteiger partial charge >= 0.3 is 0 Å². The molecule has 2 aromatic rings. The van der Waals surface area contributed by atoms with Crippen molar-refractivity contribution in [2.45, 2.75) is 17.7 Å². The fourth-order valence-corrected chi connectivity index (χ4v) is 4.92. The Hall–Kier alpha value is -0.920. The molecule has 0 N–H and O–H groups in total. The first-order valence-corrected chi connectivity index (χ1v) is 9.40. The molecule has 0 saturated carbocycles. The number of sulfonamides is 1. The van der Waals surface area contributed by atoms with E-state index >= 15 is 0 Å². The molecule has 0 fully saturated rings. The minimum atomic E-state index is -3.45. The molecule has 0 radical (unpaired) electrons. The molecular formula is C16H23ClN2O2S2. The van der Waals surface area contributed by atoms with E-state index in [0.717, 1.165) is 10.4 Å². The van der Waals surface area contributed by atoms with E-state index in [1.54, 1.807) is 10.4 Å². The number of benzene rings is 1. The lowest BCUT2D eigenvalue weighted by Gasteiger charge is -2.23. The molecule has 23 heavy (non-hydrogen) atoms. The molecule has 4 nitrogen and oxygen atoms in total. The van der Waals surface area contributed by atoms with Crippen LogP contribution < -0.4 is 0 Å². The number of rotatable bonds is 7. The van der Waals surface area contributed by atoms with Gasteiger partial charge in [-0.2, -0.15) is 4.31 Å². The predicted octanol–water partition coefficient (Wildman–Crippen LogP) is 3.23. The van der Waals surface area contributed by atoms with Crippen molar-refractivity contribution >= 4 is 33.8 Å². The van der Waals surface area contributed by atoms with Crippen molar-refractivity contribution < 1.29 is 8.42 Å². The largest absolute Gasteiger partial charge is 0.308 e. The third kappa shape index (κ3) is 5.58. The molecule has 0 aliphatic carbocycles. The maximum atomic E-state index is 12.9. The average Bonchev–Trinajstić information content (AvgIpc) is 2.91. The first-order valence-electron chi connectivity index (χ1n) is 7.15. The molecule has 0 aliphatic rings. The van der Waals surface area contributed by atoms with Crippen molar-refractivity contribution in [3.63, 3.8) is 0 Å². The molecule has 1 aromatic carbocycles. The first-order chi connectivity index (χ1) is 10.4. The van der Waals surface area contributed by atoms with Gasteiger partial charge in [0.15, 0.2) is 0 Å². The van der Waals surface area contributed by atoms with Gasteiger partial charge in [0.2, 0.25) is 0 Å². The highest BCUT2D eigenvalue weighted by molar-refractivity contribution is 7.91. The van der Waals surface area contributed by atoms with Crippen LogP contribution in [0.15, 0.2) is 46.7 Å².